The number of carbonyl (C=O) groups excluding carboxylic acids is 1. The van der Waals surface area contributed by atoms with E-state index in [1.807, 2.05) is 28.8 Å². The molecule has 1 aromatic carbocycles. The molecule has 2 heterocycles. The SMILES string of the molecule is O=C(NCC1(CO)CCCCC1)c1nc(-c2ccc(F)cc2)n2ccccc12.O=C(O)C(F)(F)F. The lowest BCUT2D eigenvalue weighted by Crippen LogP contribution is -2.41. The van der Waals surface area contributed by atoms with E-state index in [-0.39, 0.29) is 23.7 Å². The molecule has 0 unspecified atom stereocenters. The molecule has 0 atom stereocenters. The third-order valence-corrected chi connectivity index (χ3v) is 5.98. The van der Waals surface area contributed by atoms with E-state index >= 15 is 0 Å². The Balaban J connectivity index is 0.000000429. The smallest absolute Gasteiger partial charge is 0.475 e. The number of benzene rings is 1. The molecule has 11 heteroatoms. The van der Waals surface area contributed by atoms with Gasteiger partial charge >= 0.3 is 12.1 Å². The molecule has 1 aliphatic carbocycles. The Hall–Kier alpha value is -3.47. The molecule has 4 rings (SSSR count). The maximum Gasteiger partial charge on any atom is 0.490 e. The fourth-order valence-corrected chi connectivity index (χ4v) is 4.05. The summed E-state index contributed by atoms with van der Waals surface area (Å²) in [5.41, 5.74) is 1.54. The van der Waals surface area contributed by atoms with Gasteiger partial charge in [0, 0.05) is 23.7 Å². The number of fused-ring (bicyclic) bond motifs is 1. The summed E-state index contributed by atoms with van der Waals surface area (Å²) in [6.45, 7) is 0.526. The van der Waals surface area contributed by atoms with Gasteiger partial charge in [0.2, 0.25) is 0 Å². The van der Waals surface area contributed by atoms with Crippen molar-refractivity contribution in [3.05, 3.63) is 60.2 Å². The first kappa shape index (κ1) is 26.1. The van der Waals surface area contributed by atoms with Crippen LogP contribution in [-0.4, -0.2) is 50.8 Å². The number of aliphatic hydroxyl groups is 1. The molecular formula is C24H25F4N3O4. The number of aliphatic hydroxyl groups excluding tert-OH is 1. The number of alkyl halides is 3. The van der Waals surface area contributed by atoms with Gasteiger partial charge in [-0.15, -0.1) is 0 Å². The number of carboxylic acids is 1. The number of hydrogen-bond acceptors (Lipinski definition) is 4. The molecule has 0 saturated heterocycles. The monoisotopic (exact) mass is 495 g/mol. The largest absolute Gasteiger partial charge is 0.490 e. The molecule has 35 heavy (non-hydrogen) atoms. The number of rotatable bonds is 5. The summed E-state index contributed by atoms with van der Waals surface area (Å²) in [5.74, 6) is -2.73. The van der Waals surface area contributed by atoms with E-state index in [0.29, 0.717) is 23.6 Å². The van der Waals surface area contributed by atoms with E-state index in [9.17, 15) is 27.5 Å². The van der Waals surface area contributed by atoms with Crippen LogP contribution in [0.4, 0.5) is 17.6 Å². The van der Waals surface area contributed by atoms with Crippen LogP contribution in [0.3, 0.4) is 0 Å². The topological polar surface area (TPSA) is 104 Å². The molecular weight excluding hydrogens is 470 g/mol. The van der Waals surface area contributed by atoms with Crippen LogP contribution >= 0.6 is 0 Å². The predicted molar refractivity (Wildman–Crippen MR) is 119 cm³/mol. The van der Waals surface area contributed by atoms with Gasteiger partial charge in [-0.05, 0) is 49.2 Å². The van der Waals surface area contributed by atoms with E-state index in [1.165, 1.54) is 18.6 Å². The Kier molecular flexibility index (Phi) is 8.11. The van der Waals surface area contributed by atoms with Crippen molar-refractivity contribution in [2.24, 2.45) is 5.41 Å². The second kappa shape index (κ2) is 10.9. The lowest BCUT2D eigenvalue weighted by atomic mass is 9.74. The zero-order chi connectivity index (χ0) is 25.6. The van der Waals surface area contributed by atoms with Gasteiger partial charge in [0.25, 0.3) is 5.91 Å². The number of nitrogens with one attached hydrogen (secondary N) is 1. The van der Waals surface area contributed by atoms with Crippen molar-refractivity contribution >= 4 is 17.4 Å². The predicted octanol–water partition coefficient (Wildman–Crippen LogP) is 4.45. The third kappa shape index (κ3) is 6.36. The summed E-state index contributed by atoms with van der Waals surface area (Å²) >= 11 is 0. The lowest BCUT2D eigenvalue weighted by molar-refractivity contribution is -0.192. The number of amides is 1. The van der Waals surface area contributed by atoms with Crippen molar-refractivity contribution < 1.29 is 37.4 Å². The standard InChI is InChI=1S/C22H24FN3O2.C2HF3O2/c23-17-9-7-16(8-10-17)20-25-19(18-6-2-5-13-26(18)20)21(28)24-14-22(15-27)11-3-1-4-12-22;3-2(4,5)1(6)7/h2,5-10,13,27H,1,3-4,11-12,14-15H2,(H,24,28);(H,6,7). The van der Waals surface area contributed by atoms with Crippen LogP contribution in [0.1, 0.15) is 42.6 Å². The fraction of sp³-hybridized carbons (Fsp3) is 0.375. The van der Waals surface area contributed by atoms with Gasteiger partial charge in [0.15, 0.2) is 5.69 Å². The molecule has 0 aliphatic heterocycles. The highest BCUT2D eigenvalue weighted by atomic mass is 19.4. The van der Waals surface area contributed by atoms with E-state index in [4.69, 9.17) is 9.90 Å². The van der Waals surface area contributed by atoms with Crippen molar-refractivity contribution in [1.29, 1.82) is 0 Å². The summed E-state index contributed by atoms with van der Waals surface area (Å²) < 4.78 is 46.9. The summed E-state index contributed by atoms with van der Waals surface area (Å²) in [6.07, 6.45) is 1.96. The van der Waals surface area contributed by atoms with Crippen LogP contribution in [-0.2, 0) is 4.79 Å². The Bertz CT molecular complexity index is 1170. The van der Waals surface area contributed by atoms with Gasteiger partial charge in [-0.1, -0.05) is 25.3 Å². The Morgan fingerprint density at radius 2 is 1.69 bits per heavy atom. The van der Waals surface area contributed by atoms with Gasteiger partial charge < -0.3 is 15.5 Å². The molecule has 1 aliphatic rings. The molecule has 0 radical (unpaired) electrons. The quantitative estimate of drug-likeness (QED) is 0.454. The maximum atomic E-state index is 13.3. The average molecular weight is 495 g/mol. The first-order valence-electron chi connectivity index (χ1n) is 11.0. The highest BCUT2D eigenvalue weighted by molar-refractivity contribution is 6.00. The Morgan fingerprint density at radius 1 is 1.06 bits per heavy atom. The number of nitrogens with zero attached hydrogens (tertiary/aromatic N) is 2. The molecule has 7 nitrogen and oxygen atoms in total. The normalized spacial score (nSPS) is 15.2. The number of aliphatic carboxylic acids is 1. The maximum absolute atomic E-state index is 13.3. The average Bonchev–Trinajstić information content (AvgIpc) is 3.23. The van der Waals surface area contributed by atoms with Gasteiger partial charge in [-0.3, -0.25) is 9.20 Å². The fourth-order valence-electron chi connectivity index (χ4n) is 4.05. The van der Waals surface area contributed by atoms with Crippen LogP contribution in [0.25, 0.3) is 16.9 Å². The lowest BCUT2D eigenvalue weighted by Gasteiger charge is -2.35. The third-order valence-electron chi connectivity index (χ3n) is 5.98. The van der Waals surface area contributed by atoms with Crippen molar-refractivity contribution in [3.63, 3.8) is 0 Å². The number of carboxylic acid groups (broad SMARTS) is 1. The molecule has 0 spiro atoms. The number of pyridine rings is 1. The number of carbonyl (C=O) groups is 2. The van der Waals surface area contributed by atoms with Gasteiger partial charge in [0.05, 0.1) is 12.1 Å². The molecule has 3 N–H and O–H groups in total. The summed E-state index contributed by atoms with van der Waals surface area (Å²) in [6, 6.07) is 11.6. The van der Waals surface area contributed by atoms with Crippen LogP contribution in [0.5, 0.6) is 0 Å². The zero-order valence-electron chi connectivity index (χ0n) is 18.7. The number of imidazole rings is 1. The minimum Gasteiger partial charge on any atom is -0.475 e. The van der Waals surface area contributed by atoms with E-state index < -0.39 is 12.1 Å². The van der Waals surface area contributed by atoms with Crippen LogP contribution in [0.2, 0.25) is 0 Å². The van der Waals surface area contributed by atoms with Gasteiger partial charge in [0.1, 0.15) is 11.6 Å². The van der Waals surface area contributed by atoms with E-state index in [2.05, 4.69) is 10.3 Å². The van der Waals surface area contributed by atoms with Crippen LogP contribution in [0.15, 0.2) is 48.7 Å². The molecule has 188 valence electrons. The van der Waals surface area contributed by atoms with Crippen molar-refractivity contribution in [3.8, 4) is 11.4 Å². The molecule has 3 aromatic rings. The van der Waals surface area contributed by atoms with Gasteiger partial charge in [-0.2, -0.15) is 13.2 Å². The zero-order valence-corrected chi connectivity index (χ0v) is 18.7. The Morgan fingerprint density at radius 3 is 2.26 bits per heavy atom. The minimum absolute atomic E-state index is 0.0814. The number of hydrogen-bond donors (Lipinski definition) is 3. The second-order valence-electron chi connectivity index (χ2n) is 8.45. The molecule has 1 saturated carbocycles. The highest BCUT2D eigenvalue weighted by Crippen LogP contribution is 2.35. The van der Waals surface area contributed by atoms with Crippen molar-refractivity contribution in [1.82, 2.24) is 14.7 Å². The summed E-state index contributed by atoms with van der Waals surface area (Å²) in [7, 11) is 0. The van der Waals surface area contributed by atoms with Crippen LogP contribution < -0.4 is 5.32 Å². The second-order valence-corrected chi connectivity index (χ2v) is 8.45. The van der Waals surface area contributed by atoms with Crippen molar-refractivity contribution in [2.45, 2.75) is 38.3 Å². The first-order chi connectivity index (χ1) is 16.6. The number of aromatic nitrogens is 2. The number of halogens is 4. The highest BCUT2D eigenvalue weighted by Gasteiger charge is 2.38. The minimum atomic E-state index is -5.08. The summed E-state index contributed by atoms with van der Waals surface area (Å²) in [4.78, 5) is 26.4. The first-order valence-corrected chi connectivity index (χ1v) is 11.0. The molecule has 1 amide bonds. The van der Waals surface area contributed by atoms with Crippen LogP contribution in [0, 0.1) is 11.2 Å². The van der Waals surface area contributed by atoms with E-state index in [0.717, 1.165) is 31.2 Å². The molecule has 2 aromatic heterocycles. The Labute approximate surface area is 198 Å². The molecule has 0 bridgehead atoms. The summed E-state index contributed by atoms with van der Waals surface area (Å²) in [5, 5.41) is 20.0. The van der Waals surface area contributed by atoms with E-state index in [1.54, 1.807) is 12.1 Å². The van der Waals surface area contributed by atoms with Crippen molar-refractivity contribution in [2.75, 3.05) is 13.2 Å². The van der Waals surface area contributed by atoms with Gasteiger partial charge in [-0.25, -0.2) is 14.2 Å². The molecule has 1 fully saturated rings.